The van der Waals surface area contributed by atoms with Crippen LogP contribution in [0, 0.1) is 0 Å². The van der Waals surface area contributed by atoms with Gasteiger partial charge in [-0.3, -0.25) is 9.97 Å². The molecule has 154 valence electrons. The molecule has 0 saturated carbocycles. The molecule has 6 aromatic rings. The average molecular weight is 451 g/mol. The summed E-state index contributed by atoms with van der Waals surface area (Å²) >= 11 is 0. The van der Waals surface area contributed by atoms with Crippen molar-refractivity contribution in [3.8, 4) is 22.5 Å². The van der Waals surface area contributed by atoms with Crippen LogP contribution in [0.15, 0.2) is 107 Å². The van der Waals surface area contributed by atoms with Gasteiger partial charge in [0.25, 0.3) is 0 Å². The van der Waals surface area contributed by atoms with E-state index in [-0.39, 0.29) is 0 Å². The highest BCUT2D eigenvalue weighted by atomic mass is 33.1. The van der Waals surface area contributed by atoms with Crippen LogP contribution < -0.4 is 0 Å². The molecule has 4 aromatic heterocycles. The summed E-state index contributed by atoms with van der Waals surface area (Å²) in [5, 5.41) is 2.43. The summed E-state index contributed by atoms with van der Waals surface area (Å²) in [5.41, 5.74) is 6.61. The van der Waals surface area contributed by atoms with Crippen molar-refractivity contribution in [3.05, 3.63) is 97.6 Å². The van der Waals surface area contributed by atoms with Crippen LogP contribution in [0.25, 0.3) is 44.3 Å². The molecule has 0 aliphatic rings. The lowest BCUT2D eigenvalue weighted by Gasteiger charge is -2.07. The summed E-state index contributed by atoms with van der Waals surface area (Å²) < 4.78 is 0. The molecule has 0 amide bonds. The SMILES string of the molecule is c1cncc(-c2[nH]c3ccccc3c2SSc2c(-c3cccnc3)[nH]c3ccccc23)c1. The summed E-state index contributed by atoms with van der Waals surface area (Å²) in [7, 11) is 3.55. The smallest absolute Gasteiger partial charge is 0.0627 e. The van der Waals surface area contributed by atoms with Crippen LogP contribution in [0.4, 0.5) is 0 Å². The van der Waals surface area contributed by atoms with Crippen molar-refractivity contribution < 1.29 is 0 Å². The van der Waals surface area contributed by atoms with Gasteiger partial charge in [0.1, 0.15) is 0 Å². The van der Waals surface area contributed by atoms with Gasteiger partial charge in [0.15, 0.2) is 0 Å². The van der Waals surface area contributed by atoms with Gasteiger partial charge in [-0.2, -0.15) is 0 Å². The third-order valence-corrected chi connectivity index (χ3v) is 7.94. The maximum Gasteiger partial charge on any atom is 0.0627 e. The number of aromatic amines is 2. The quantitative estimate of drug-likeness (QED) is 0.266. The van der Waals surface area contributed by atoms with Crippen LogP contribution in [0.1, 0.15) is 0 Å². The molecule has 0 radical (unpaired) electrons. The number of H-pyrrole nitrogens is 2. The van der Waals surface area contributed by atoms with Crippen LogP contribution in [0.5, 0.6) is 0 Å². The normalized spacial score (nSPS) is 11.4. The van der Waals surface area contributed by atoms with E-state index in [1.165, 1.54) is 20.6 Å². The minimum atomic E-state index is 1.08. The topological polar surface area (TPSA) is 57.4 Å². The monoisotopic (exact) mass is 450 g/mol. The van der Waals surface area contributed by atoms with E-state index in [0.717, 1.165) is 33.5 Å². The number of pyridine rings is 2. The molecule has 0 fully saturated rings. The van der Waals surface area contributed by atoms with Crippen LogP contribution in [0.2, 0.25) is 0 Å². The van der Waals surface area contributed by atoms with Crippen molar-refractivity contribution in [1.82, 2.24) is 19.9 Å². The second kappa shape index (κ2) is 8.22. The highest BCUT2D eigenvalue weighted by molar-refractivity contribution is 8.76. The van der Waals surface area contributed by atoms with E-state index in [2.05, 4.69) is 80.6 Å². The third-order valence-electron chi connectivity index (χ3n) is 5.43. The zero-order chi connectivity index (χ0) is 21.3. The standard InChI is InChI=1S/C26H18N4S2/c1-3-11-21-19(9-1)25(23(29-21)17-7-5-13-27-15-17)31-32-26-20-10-2-4-12-22(20)30-24(26)18-8-6-14-28-16-18/h1-16,29-30H. The van der Waals surface area contributed by atoms with Crippen molar-refractivity contribution in [2.24, 2.45) is 0 Å². The molecule has 0 unspecified atom stereocenters. The minimum Gasteiger partial charge on any atom is -0.354 e. The molecular formula is C26H18N4S2. The van der Waals surface area contributed by atoms with Crippen molar-refractivity contribution in [2.75, 3.05) is 0 Å². The lowest BCUT2D eigenvalue weighted by Crippen LogP contribution is -1.82. The number of rotatable bonds is 5. The maximum atomic E-state index is 4.33. The van der Waals surface area contributed by atoms with E-state index in [4.69, 9.17) is 0 Å². The molecule has 32 heavy (non-hydrogen) atoms. The number of nitrogens with zero attached hydrogens (tertiary/aromatic N) is 2. The zero-order valence-electron chi connectivity index (χ0n) is 16.9. The second-order valence-electron chi connectivity index (χ2n) is 7.40. The first kappa shape index (κ1) is 19.2. The van der Waals surface area contributed by atoms with Crippen LogP contribution >= 0.6 is 21.6 Å². The van der Waals surface area contributed by atoms with E-state index >= 15 is 0 Å². The molecule has 0 bridgehead atoms. The highest BCUT2D eigenvalue weighted by Crippen LogP contribution is 2.50. The van der Waals surface area contributed by atoms with E-state index in [1.807, 2.05) is 24.5 Å². The van der Waals surface area contributed by atoms with Gasteiger partial charge >= 0.3 is 0 Å². The molecule has 0 saturated heterocycles. The van der Waals surface area contributed by atoms with E-state index in [9.17, 15) is 0 Å². The van der Waals surface area contributed by atoms with Crippen LogP contribution in [0.3, 0.4) is 0 Å². The van der Waals surface area contributed by atoms with Gasteiger partial charge in [0, 0.05) is 57.7 Å². The molecule has 0 aliphatic carbocycles. The predicted molar refractivity (Wildman–Crippen MR) is 135 cm³/mol. The summed E-state index contributed by atoms with van der Waals surface area (Å²) in [5.74, 6) is 0. The van der Waals surface area contributed by atoms with E-state index in [1.54, 1.807) is 34.0 Å². The molecule has 6 rings (SSSR count). The lowest BCUT2D eigenvalue weighted by atomic mass is 10.2. The third kappa shape index (κ3) is 3.38. The van der Waals surface area contributed by atoms with Crippen LogP contribution in [-0.2, 0) is 0 Å². The Morgan fingerprint density at radius 3 is 1.44 bits per heavy atom. The first-order valence-electron chi connectivity index (χ1n) is 10.3. The number of hydrogen-bond donors (Lipinski definition) is 2. The number of hydrogen-bond acceptors (Lipinski definition) is 4. The molecule has 2 aromatic carbocycles. The molecule has 4 nitrogen and oxygen atoms in total. The Bertz CT molecular complexity index is 1400. The van der Waals surface area contributed by atoms with Gasteiger partial charge in [-0.15, -0.1) is 0 Å². The van der Waals surface area contributed by atoms with E-state index < -0.39 is 0 Å². The van der Waals surface area contributed by atoms with Gasteiger partial charge in [0.05, 0.1) is 21.2 Å². The Morgan fingerprint density at radius 2 is 1.00 bits per heavy atom. The van der Waals surface area contributed by atoms with Crippen molar-refractivity contribution in [2.45, 2.75) is 9.79 Å². The fourth-order valence-electron chi connectivity index (χ4n) is 3.92. The Morgan fingerprint density at radius 1 is 0.531 bits per heavy atom. The Balaban J connectivity index is 1.47. The predicted octanol–water partition coefficient (Wildman–Crippen LogP) is 7.57. The van der Waals surface area contributed by atoms with Gasteiger partial charge in [-0.1, -0.05) is 36.4 Å². The number of para-hydroxylation sites is 2. The summed E-state index contributed by atoms with van der Waals surface area (Å²) in [6, 6.07) is 25.0. The maximum absolute atomic E-state index is 4.33. The lowest BCUT2D eigenvalue weighted by molar-refractivity contribution is 1.30. The first-order chi connectivity index (χ1) is 15.9. The molecule has 0 atom stereocenters. The second-order valence-corrected chi connectivity index (χ2v) is 9.55. The fourth-order valence-corrected chi connectivity index (χ4v) is 6.66. The number of nitrogens with one attached hydrogen (secondary N) is 2. The molecular weight excluding hydrogens is 432 g/mol. The molecule has 2 N–H and O–H groups in total. The molecule has 6 heteroatoms. The van der Waals surface area contributed by atoms with Crippen molar-refractivity contribution >= 4 is 43.4 Å². The van der Waals surface area contributed by atoms with Gasteiger partial charge in [0.2, 0.25) is 0 Å². The average Bonchev–Trinajstić information content (AvgIpc) is 3.42. The Kier molecular flexibility index (Phi) is 4.94. The van der Waals surface area contributed by atoms with Crippen molar-refractivity contribution in [1.29, 1.82) is 0 Å². The number of fused-ring (bicyclic) bond motifs is 2. The number of aromatic nitrogens is 4. The van der Waals surface area contributed by atoms with Gasteiger partial charge in [-0.05, 0) is 58.0 Å². The fraction of sp³-hybridized carbons (Fsp3) is 0. The summed E-state index contributed by atoms with van der Waals surface area (Å²) in [4.78, 5) is 18.3. The van der Waals surface area contributed by atoms with Crippen molar-refractivity contribution in [3.63, 3.8) is 0 Å². The molecule has 4 heterocycles. The summed E-state index contributed by atoms with van der Waals surface area (Å²) in [6.07, 6.45) is 7.43. The van der Waals surface area contributed by atoms with Gasteiger partial charge < -0.3 is 9.97 Å². The van der Waals surface area contributed by atoms with E-state index in [0.29, 0.717) is 0 Å². The van der Waals surface area contributed by atoms with Gasteiger partial charge in [-0.25, -0.2) is 0 Å². The first-order valence-corrected chi connectivity index (χ1v) is 12.4. The minimum absolute atomic E-state index is 1.08. The zero-order valence-corrected chi connectivity index (χ0v) is 18.6. The Hall–Kier alpha value is -3.48. The highest BCUT2D eigenvalue weighted by Gasteiger charge is 2.18. The molecule has 0 aliphatic heterocycles. The number of benzene rings is 2. The summed E-state index contributed by atoms with van der Waals surface area (Å²) in [6.45, 7) is 0. The van der Waals surface area contributed by atoms with Crippen LogP contribution in [-0.4, -0.2) is 19.9 Å². The largest absolute Gasteiger partial charge is 0.354 e. The molecule has 0 spiro atoms. The Labute approximate surface area is 192 Å².